The first-order chi connectivity index (χ1) is 6.13. The van der Waals surface area contributed by atoms with Gasteiger partial charge in [-0.05, 0) is 30.2 Å². The molecule has 1 rings (SSSR count). The van der Waals surface area contributed by atoms with Crippen LogP contribution in [-0.4, -0.2) is 18.8 Å². The van der Waals surface area contributed by atoms with Crippen LogP contribution in [0, 0.1) is 6.92 Å². The van der Waals surface area contributed by atoms with Crippen molar-refractivity contribution in [3.05, 3.63) is 33.8 Å². The summed E-state index contributed by atoms with van der Waals surface area (Å²) in [6.07, 6.45) is -0.541. The normalized spacial score (nSPS) is 12.9. The Hall–Kier alpha value is -0.380. The van der Waals surface area contributed by atoms with E-state index >= 15 is 0 Å². The zero-order valence-corrected chi connectivity index (χ0v) is 9.34. The van der Waals surface area contributed by atoms with Gasteiger partial charge in [0.25, 0.3) is 0 Å². The van der Waals surface area contributed by atoms with Gasteiger partial charge in [-0.2, -0.15) is 0 Å². The van der Waals surface area contributed by atoms with Crippen molar-refractivity contribution in [2.24, 2.45) is 0 Å². The predicted molar refractivity (Wildman–Crippen MR) is 55.7 cm³/mol. The minimum atomic E-state index is -0.541. The first-order valence-corrected chi connectivity index (χ1v) is 4.87. The molecule has 1 atom stereocenters. The molecule has 1 aromatic carbocycles. The minimum absolute atomic E-state index is 0.329. The number of ether oxygens (including phenoxy) is 1. The molecule has 0 heterocycles. The maximum Gasteiger partial charge on any atom is 0.102 e. The average molecular weight is 245 g/mol. The Kier molecular flexibility index (Phi) is 3.90. The van der Waals surface area contributed by atoms with Gasteiger partial charge in [0.15, 0.2) is 0 Å². The fourth-order valence-electron chi connectivity index (χ4n) is 1.21. The monoisotopic (exact) mass is 244 g/mol. The summed E-state index contributed by atoms with van der Waals surface area (Å²) in [7, 11) is 1.58. The van der Waals surface area contributed by atoms with Crippen LogP contribution in [0.5, 0.6) is 0 Å². The molecule has 0 aliphatic rings. The van der Waals surface area contributed by atoms with Crippen LogP contribution in [0.25, 0.3) is 0 Å². The van der Waals surface area contributed by atoms with E-state index in [0.29, 0.717) is 6.61 Å². The summed E-state index contributed by atoms with van der Waals surface area (Å²) in [6, 6.07) is 5.86. The molecule has 0 fully saturated rings. The van der Waals surface area contributed by atoms with Gasteiger partial charge in [-0.15, -0.1) is 0 Å². The fourth-order valence-corrected chi connectivity index (χ4v) is 1.84. The molecule has 0 spiro atoms. The molecule has 13 heavy (non-hydrogen) atoms. The second-order valence-corrected chi connectivity index (χ2v) is 3.95. The van der Waals surface area contributed by atoms with Crippen molar-refractivity contribution in [1.29, 1.82) is 0 Å². The van der Waals surface area contributed by atoms with Crippen molar-refractivity contribution in [1.82, 2.24) is 0 Å². The highest BCUT2D eigenvalue weighted by molar-refractivity contribution is 9.10. The van der Waals surface area contributed by atoms with Gasteiger partial charge in [-0.3, -0.25) is 0 Å². The van der Waals surface area contributed by atoms with Crippen molar-refractivity contribution in [3.63, 3.8) is 0 Å². The Morgan fingerprint density at radius 3 is 2.69 bits per heavy atom. The van der Waals surface area contributed by atoms with Crippen LogP contribution < -0.4 is 0 Å². The van der Waals surface area contributed by atoms with Crippen LogP contribution in [0.15, 0.2) is 22.7 Å². The summed E-state index contributed by atoms with van der Waals surface area (Å²) in [6.45, 7) is 2.32. The molecule has 0 aliphatic carbocycles. The number of aryl methyl sites for hydroxylation is 1. The summed E-state index contributed by atoms with van der Waals surface area (Å²) in [5.74, 6) is 0. The van der Waals surface area contributed by atoms with Gasteiger partial charge in [-0.25, -0.2) is 0 Å². The standard InChI is InChI=1S/C10H13BrO2/c1-7-3-8(5-9(11)4-7)10(12)6-13-2/h3-5,10,12H,6H2,1-2H3. The Morgan fingerprint density at radius 2 is 2.15 bits per heavy atom. The lowest BCUT2D eigenvalue weighted by Gasteiger charge is -2.10. The number of rotatable bonds is 3. The van der Waals surface area contributed by atoms with Crippen molar-refractivity contribution >= 4 is 15.9 Å². The second-order valence-electron chi connectivity index (χ2n) is 3.03. The number of aliphatic hydroxyl groups excluding tert-OH is 1. The zero-order valence-electron chi connectivity index (χ0n) is 7.75. The summed E-state index contributed by atoms with van der Waals surface area (Å²) >= 11 is 3.38. The highest BCUT2D eigenvalue weighted by Gasteiger charge is 2.07. The Morgan fingerprint density at radius 1 is 1.46 bits per heavy atom. The molecule has 0 bridgehead atoms. The van der Waals surface area contributed by atoms with Crippen molar-refractivity contribution < 1.29 is 9.84 Å². The summed E-state index contributed by atoms with van der Waals surface area (Å²) in [5, 5.41) is 9.62. The molecule has 0 saturated carbocycles. The van der Waals surface area contributed by atoms with Gasteiger partial charge in [0.05, 0.1) is 6.61 Å². The first-order valence-electron chi connectivity index (χ1n) is 4.07. The highest BCUT2D eigenvalue weighted by atomic mass is 79.9. The summed E-state index contributed by atoms with van der Waals surface area (Å²) in [5.41, 5.74) is 2.01. The van der Waals surface area contributed by atoms with Crippen LogP contribution in [-0.2, 0) is 4.74 Å². The van der Waals surface area contributed by atoms with Crippen LogP contribution in [0.4, 0.5) is 0 Å². The van der Waals surface area contributed by atoms with E-state index < -0.39 is 6.10 Å². The molecule has 72 valence electrons. The number of halogens is 1. The maximum absolute atomic E-state index is 9.62. The Balaban J connectivity index is 2.87. The third kappa shape index (κ3) is 3.10. The zero-order chi connectivity index (χ0) is 9.84. The van der Waals surface area contributed by atoms with Gasteiger partial charge < -0.3 is 9.84 Å². The molecule has 0 saturated heterocycles. The van der Waals surface area contributed by atoms with Crippen molar-refractivity contribution in [2.75, 3.05) is 13.7 Å². The minimum Gasteiger partial charge on any atom is -0.386 e. The molecule has 0 amide bonds. The van der Waals surface area contributed by atoms with E-state index in [1.807, 2.05) is 25.1 Å². The number of hydrogen-bond acceptors (Lipinski definition) is 2. The predicted octanol–water partition coefficient (Wildman–Crippen LogP) is 2.44. The van der Waals surface area contributed by atoms with Crippen molar-refractivity contribution in [3.8, 4) is 0 Å². The van der Waals surface area contributed by atoms with Gasteiger partial charge in [-0.1, -0.05) is 22.0 Å². The molecule has 1 aromatic rings. The number of methoxy groups -OCH3 is 1. The third-order valence-corrected chi connectivity index (χ3v) is 2.23. The summed E-state index contributed by atoms with van der Waals surface area (Å²) < 4.78 is 5.86. The molecule has 1 unspecified atom stereocenters. The lowest BCUT2D eigenvalue weighted by molar-refractivity contribution is 0.0643. The van der Waals surface area contributed by atoms with E-state index in [4.69, 9.17) is 4.74 Å². The number of aliphatic hydroxyl groups is 1. The molecule has 2 nitrogen and oxygen atoms in total. The molecule has 3 heteroatoms. The Labute approximate surface area is 86.7 Å². The topological polar surface area (TPSA) is 29.5 Å². The van der Waals surface area contributed by atoms with Crippen molar-refractivity contribution in [2.45, 2.75) is 13.0 Å². The van der Waals surface area contributed by atoms with E-state index in [-0.39, 0.29) is 0 Å². The van der Waals surface area contributed by atoms with Gasteiger partial charge in [0.2, 0.25) is 0 Å². The first kappa shape index (κ1) is 10.7. The van der Waals surface area contributed by atoms with E-state index in [0.717, 1.165) is 15.6 Å². The smallest absolute Gasteiger partial charge is 0.102 e. The van der Waals surface area contributed by atoms with Crippen LogP contribution >= 0.6 is 15.9 Å². The molecule has 1 N–H and O–H groups in total. The third-order valence-electron chi connectivity index (χ3n) is 1.77. The van der Waals surface area contributed by atoms with E-state index in [1.165, 1.54) is 0 Å². The van der Waals surface area contributed by atoms with Crippen LogP contribution in [0.1, 0.15) is 17.2 Å². The summed E-state index contributed by atoms with van der Waals surface area (Å²) in [4.78, 5) is 0. The molecule has 0 aromatic heterocycles. The van der Waals surface area contributed by atoms with Gasteiger partial charge in [0, 0.05) is 11.6 Å². The fraction of sp³-hybridized carbons (Fsp3) is 0.400. The van der Waals surface area contributed by atoms with E-state index in [1.54, 1.807) is 7.11 Å². The molecule has 0 radical (unpaired) electrons. The maximum atomic E-state index is 9.62. The lowest BCUT2D eigenvalue weighted by atomic mass is 10.1. The quantitative estimate of drug-likeness (QED) is 0.886. The number of benzene rings is 1. The van der Waals surface area contributed by atoms with Gasteiger partial charge >= 0.3 is 0 Å². The van der Waals surface area contributed by atoms with Gasteiger partial charge in [0.1, 0.15) is 6.10 Å². The Bertz CT molecular complexity index is 266. The van der Waals surface area contributed by atoms with E-state index in [9.17, 15) is 5.11 Å². The number of hydrogen-bond donors (Lipinski definition) is 1. The second kappa shape index (κ2) is 4.74. The molecular weight excluding hydrogens is 232 g/mol. The highest BCUT2D eigenvalue weighted by Crippen LogP contribution is 2.20. The molecular formula is C10H13BrO2. The lowest BCUT2D eigenvalue weighted by Crippen LogP contribution is -2.05. The SMILES string of the molecule is COCC(O)c1cc(C)cc(Br)c1. The molecule has 0 aliphatic heterocycles. The van der Waals surface area contributed by atoms with E-state index in [2.05, 4.69) is 15.9 Å². The van der Waals surface area contributed by atoms with Crippen LogP contribution in [0.2, 0.25) is 0 Å². The largest absolute Gasteiger partial charge is 0.386 e. The van der Waals surface area contributed by atoms with Crippen LogP contribution in [0.3, 0.4) is 0 Å². The average Bonchev–Trinajstić information content (AvgIpc) is 2.03.